The lowest BCUT2D eigenvalue weighted by molar-refractivity contribution is 0.340. The molecule has 1 saturated heterocycles. The van der Waals surface area contributed by atoms with Gasteiger partial charge in [-0.1, -0.05) is 23.7 Å². The molecule has 5 rings (SSSR count). The van der Waals surface area contributed by atoms with Crippen molar-refractivity contribution in [1.82, 2.24) is 19.9 Å². The Morgan fingerprint density at radius 3 is 2.74 bits per heavy atom. The maximum Gasteiger partial charge on any atom is 0.169 e. The van der Waals surface area contributed by atoms with Crippen LogP contribution in [0, 0.1) is 17.2 Å². The third-order valence-electron chi connectivity index (χ3n) is 6.11. The van der Waals surface area contributed by atoms with Crippen molar-refractivity contribution in [3.05, 3.63) is 53.2 Å². The normalized spacial score (nSPS) is 14.8. The van der Waals surface area contributed by atoms with E-state index in [0.29, 0.717) is 33.4 Å². The third kappa shape index (κ3) is 3.60. The van der Waals surface area contributed by atoms with E-state index in [1.165, 1.54) is 0 Å². The van der Waals surface area contributed by atoms with E-state index in [4.69, 9.17) is 16.6 Å². The number of nitrogens with zero attached hydrogens (tertiary/aromatic N) is 4. The molecule has 0 bridgehead atoms. The number of aromatic nitrogens is 3. The van der Waals surface area contributed by atoms with Gasteiger partial charge in [-0.15, -0.1) is 0 Å². The van der Waals surface area contributed by atoms with Crippen LogP contribution in [-0.4, -0.2) is 32.7 Å². The first-order chi connectivity index (χ1) is 15.2. The van der Waals surface area contributed by atoms with Gasteiger partial charge in [0.1, 0.15) is 23.2 Å². The Morgan fingerprint density at radius 2 is 1.97 bits per heavy atom. The number of halogens is 1. The van der Waals surface area contributed by atoms with E-state index >= 15 is 0 Å². The number of piperidine rings is 1. The lowest BCUT2D eigenvalue weighted by Gasteiger charge is -2.23. The van der Waals surface area contributed by atoms with Gasteiger partial charge in [-0.2, -0.15) is 5.26 Å². The van der Waals surface area contributed by atoms with Crippen molar-refractivity contribution in [2.45, 2.75) is 25.8 Å². The highest BCUT2D eigenvalue weighted by atomic mass is 35.5. The molecule has 0 aliphatic carbocycles. The van der Waals surface area contributed by atoms with Crippen molar-refractivity contribution in [2.75, 3.05) is 13.1 Å². The smallest absolute Gasteiger partial charge is 0.169 e. The summed E-state index contributed by atoms with van der Waals surface area (Å²) in [6.45, 7) is 2.84. The second-order valence-corrected chi connectivity index (χ2v) is 8.45. The molecule has 31 heavy (non-hydrogen) atoms. The second kappa shape index (κ2) is 8.18. The van der Waals surface area contributed by atoms with Gasteiger partial charge in [-0.3, -0.25) is 0 Å². The van der Waals surface area contributed by atoms with Crippen molar-refractivity contribution in [1.29, 1.82) is 5.26 Å². The predicted octanol–water partition coefficient (Wildman–Crippen LogP) is 4.87. The molecular weight excluding hydrogens is 410 g/mol. The number of para-hydroxylation sites is 1. The molecule has 2 aromatic carbocycles. The Kier molecular flexibility index (Phi) is 5.23. The number of imidazole rings is 1. The van der Waals surface area contributed by atoms with Gasteiger partial charge in [0.05, 0.1) is 16.6 Å². The number of nitrogens with one attached hydrogen (secondary N) is 1. The van der Waals surface area contributed by atoms with Gasteiger partial charge in [0.15, 0.2) is 5.69 Å². The molecule has 4 aromatic rings. The first-order valence-corrected chi connectivity index (χ1v) is 10.9. The van der Waals surface area contributed by atoms with E-state index in [1.54, 1.807) is 18.2 Å². The highest BCUT2D eigenvalue weighted by Gasteiger charge is 2.22. The van der Waals surface area contributed by atoms with E-state index in [1.807, 2.05) is 24.3 Å². The summed E-state index contributed by atoms with van der Waals surface area (Å²) in [5.41, 5.74) is 3.01. The first-order valence-electron chi connectivity index (χ1n) is 10.5. The summed E-state index contributed by atoms with van der Waals surface area (Å²) in [5.74, 6) is 1.46. The van der Waals surface area contributed by atoms with Gasteiger partial charge < -0.3 is 15.0 Å². The zero-order valence-electron chi connectivity index (χ0n) is 17.0. The summed E-state index contributed by atoms with van der Waals surface area (Å²) < 4.78 is 2.14. The number of aryl methyl sites for hydroxylation is 1. The molecule has 0 radical (unpaired) electrons. The molecule has 1 fully saturated rings. The van der Waals surface area contributed by atoms with Crippen LogP contribution in [0.5, 0.6) is 5.75 Å². The SMILES string of the molecule is N#Cc1nc2cc(Cl)ccc2c2c1nc(-c1ccccc1O)n2CCC1CCNCC1. The maximum atomic E-state index is 10.5. The van der Waals surface area contributed by atoms with Gasteiger partial charge in [0.25, 0.3) is 0 Å². The summed E-state index contributed by atoms with van der Waals surface area (Å²) in [6, 6.07) is 14.9. The molecule has 1 aliphatic heterocycles. The van der Waals surface area contributed by atoms with E-state index in [0.717, 1.165) is 49.8 Å². The molecule has 7 heteroatoms. The molecule has 2 N–H and O–H groups in total. The fourth-order valence-corrected chi connectivity index (χ4v) is 4.67. The number of rotatable bonds is 4. The minimum atomic E-state index is 0.166. The molecule has 156 valence electrons. The minimum Gasteiger partial charge on any atom is -0.507 e. The van der Waals surface area contributed by atoms with E-state index in [9.17, 15) is 10.4 Å². The predicted molar refractivity (Wildman–Crippen MR) is 122 cm³/mol. The van der Waals surface area contributed by atoms with Gasteiger partial charge in [-0.05, 0) is 68.6 Å². The Bertz CT molecular complexity index is 1320. The lowest BCUT2D eigenvalue weighted by atomic mass is 9.94. The Labute approximate surface area is 185 Å². The summed E-state index contributed by atoms with van der Waals surface area (Å²) in [5, 5.41) is 25.2. The molecule has 2 aromatic heterocycles. The lowest BCUT2D eigenvalue weighted by Crippen LogP contribution is -2.28. The largest absolute Gasteiger partial charge is 0.507 e. The van der Waals surface area contributed by atoms with Crippen molar-refractivity contribution < 1.29 is 5.11 Å². The van der Waals surface area contributed by atoms with Crippen LogP contribution in [0.3, 0.4) is 0 Å². The van der Waals surface area contributed by atoms with Crippen LogP contribution in [-0.2, 0) is 6.54 Å². The summed E-state index contributed by atoms with van der Waals surface area (Å²) in [4.78, 5) is 9.33. The molecule has 0 amide bonds. The summed E-state index contributed by atoms with van der Waals surface area (Å²) in [6.07, 6.45) is 3.31. The second-order valence-electron chi connectivity index (χ2n) is 8.02. The average molecular weight is 432 g/mol. The van der Waals surface area contributed by atoms with Crippen LogP contribution >= 0.6 is 11.6 Å². The summed E-state index contributed by atoms with van der Waals surface area (Å²) >= 11 is 6.21. The van der Waals surface area contributed by atoms with Crippen molar-refractivity contribution >= 4 is 33.5 Å². The van der Waals surface area contributed by atoms with Crippen LogP contribution in [0.2, 0.25) is 5.02 Å². The summed E-state index contributed by atoms with van der Waals surface area (Å²) in [7, 11) is 0. The number of phenols is 1. The quantitative estimate of drug-likeness (QED) is 0.481. The number of nitriles is 1. The number of aromatic hydroxyl groups is 1. The monoisotopic (exact) mass is 431 g/mol. The third-order valence-corrected chi connectivity index (χ3v) is 6.34. The van der Waals surface area contributed by atoms with Crippen LogP contribution in [0.15, 0.2) is 42.5 Å². The fourth-order valence-electron chi connectivity index (χ4n) is 4.51. The van der Waals surface area contributed by atoms with E-state index < -0.39 is 0 Å². The molecule has 6 nitrogen and oxygen atoms in total. The number of hydrogen-bond donors (Lipinski definition) is 2. The zero-order chi connectivity index (χ0) is 21.4. The van der Waals surface area contributed by atoms with Crippen molar-refractivity contribution in [3.8, 4) is 23.2 Å². The molecule has 3 heterocycles. The van der Waals surface area contributed by atoms with Crippen LogP contribution in [0.4, 0.5) is 0 Å². The number of pyridine rings is 1. The van der Waals surface area contributed by atoms with Gasteiger partial charge in [0.2, 0.25) is 0 Å². The van der Waals surface area contributed by atoms with Crippen LogP contribution in [0.25, 0.3) is 33.3 Å². The molecule has 1 aliphatic rings. The topological polar surface area (TPSA) is 86.8 Å². The highest BCUT2D eigenvalue weighted by Crippen LogP contribution is 2.36. The molecule has 0 atom stereocenters. The Hall–Kier alpha value is -3.14. The molecule has 0 spiro atoms. The standard InChI is InChI=1S/C24H22ClN5O/c25-16-5-6-17-19(13-16)28-20(14-26)22-23(17)30(12-9-15-7-10-27-11-8-15)24(29-22)18-3-1-2-4-21(18)31/h1-6,13,15,27,31H,7-12H2. The molecular formula is C24H22ClN5O. The van der Waals surface area contributed by atoms with Crippen molar-refractivity contribution in [3.63, 3.8) is 0 Å². The number of phenolic OH excluding ortho intramolecular Hbond substituents is 1. The van der Waals surface area contributed by atoms with Gasteiger partial charge >= 0.3 is 0 Å². The first kappa shape index (κ1) is 19.8. The minimum absolute atomic E-state index is 0.166. The number of fused-ring (bicyclic) bond motifs is 3. The van der Waals surface area contributed by atoms with Crippen LogP contribution < -0.4 is 5.32 Å². The average Bonchev–Trinajstić information content (AvgIpc) is 3.17. The molecule has 0 saturated carbocycles. The number of benzene rings is 2. The van der Waals surface area contributed by atoms with Gasteiger partial charge in [0, 0.05) is 17.0 Å². The molecule has 0 unspecified atom stereocenters. The van der Waals surface area contributed by atoms with Crippen LogP contribution in [0.1, 0.15) is 25.0 Å². The Balaban J connectivity index is 1.75. The highest BCUT2D eigenvalue weighted by molar-refractivity contribution is 6.31. The van der Waals surface area contributed by atoms with Crippen molar-refractivity contribution in [2.24, 2.45) is 5.92 Å². The fraction of sp³-hybridized carbons (Fsp3) is 0.292. The van der Waals surface area contributed by atoms with E-state index in [2.05, 4.69) is 20.9 Å². The zero-order valence-corrected chi connectivity index (χ0v) is 17.7. The van der Waals surface area contributed by atoms with E-state index in [-0.39, 0.29) is 11.4 Å². The number of hydrogen-bond acceptors (Lipinski definition) is 5. The Morgan fingerprint density at radius 1 is 1.16 bits per heavy atom. The van der Waals surface area contributed by atoms with Gasteiger partial charge in [-0.25, -0.2) is 9.97 Å². The maximum absolute atomic E-state index is 10.5.